The molecule has 0 saturated carbocycles. The number of hydrogen-bond donors (Lipinski definition) is 2. The highest BCUT2D eigenvalue weighted by molar-refractivity contribution is 6.57. The maximum absolute atomic E-state index is 8.54. The number of aromatic nitrogens is 2. The fourth-order valence-electron chi connectivity index (χ4n) is 0.481. The Morgan fingerprint density at radius 1 is 1.40 bits per heavy atom. The second-order valence-corrected chi connectivity index (χ2v) is 2.03. The fraction of sp³-hybridized carbons (Fsp3) is 0. The zero-order chi connectivity index (χ0) is 7.56. The third-order valence-electron chi connectivity index (χ3n) is 0.888. The van der Waals surface area contributed by atoms with E-state index in [1.165, 1.54) is 12.4 Å². The van der Waals surface area contributed by atoms with Gasteiger partial charge in [0.1, 0.15) is 5.15 Å². The highest BCUT2D eigenvalue weighted by Gasteiger charge is 2.12. The second kappa shape index (κ2) is 2.96. The first kappa shape index (κ1) is 7.46. The van der Waals surface area contributed by atoms with Gasteiger partial charge in [-0.1, -0.05) is 11.6 Å². The van der Waals surface area contributed by atoms with E-state index >= 15 is 0 Å². The summed E-state index contributed by atoms with van der Waals surface area (Å²) in [6.07, 6.45) is 2.55. The van der Waals surface area contributed by atoms with E-state index in [0.29, 0.717) is 0 Å². The van der Waals surface area contributed by atoms with Crippen molar-refractivity contribution in [2.75, 3.05) is 0 Å². The fourth-order valence-corrected chi connectivity index (χ4v) is 0.635. The van der Waals surface area contributed by atoms with Gasteiger partial charge in [0.25, 0.3) is 0 Å². The predicted molar refractivity (Wildman–Crippen MR) is 36.9 cm³/mol. The largest absolute Gasteiger partial charge is 0.509 e. The van der Waals surface area contributed by atoms with Crippen molar-refractivity contribution in [2.45, 2.75) is 0 Å². The molecule has 1 aromatic heterocycles. The van der Waals surface area contributed by atoms with Gasteiger partial charge in [-0.05, 0) is 0 Å². The van der Waals surface area contributed by atoms with Gasteiger partial charge >= 0.3 is 7.12 Å². The van der Waals surface area contributed by atoms with Crippen LogP contribution in [0.5, 0.6) is 0 Å². The van der Waals surface area contributed by atoms with E-state index in [-0.39, 0.29) is 10.7 Å². The van der Waals surface area contributed by atoms with Crippen LogP contribution in [0.3, 0.4) is 0 Å². The summed E-state index contributed by atoms with van der Waals surface area (Å²) < 4.78 is 0. The van der Waals surface area contributed by atoms with E-state index < -0.39 is 7.12 Å². The zero-order valence-corrected chi connectivity index (χ0v) is 5.65. The zero-order valence-electron chi connectivity index (χ0n) is 4.90. The van der Waals surface area contributed by atoms with Crippen LogP contribution in [-0.2, 0) is 0 Å². The molecule has 6 heteroatoms. The quantitative estimate of drug-likeness (QED) is 0.504. The lowest BCUT2D eigenvalue weighted by Gasteiger charge is -1.95. The smallest absolute Gasteiger partial charge is 0.422 e. The van der Waals surface area contributed by atoms with Crippen molar-refractivity contribution in [2.24, 2.45) is 0 Å². The van der Waals surface area contributed by atoms with E-state index in [2.05, 4.69) is 9.97 Å². The Hall–Kier alpha value is -0.645. The van der Waals surface area contributed by atoms with Crippen LogP contribution >= 0.6 is 11.6 Å². The molecule has 0 unspecified atom stereocenters. The Morgan fingerprint density at radius 3 is 2.50 bits per heavy atom. The van der Waals surface area contributed by atoms with Gasteiger partial charge in [0.05, 0.1) is 11.8 Å². The van der Waals surface area contributed by atoms with Crippen LogP contribution in [0, 0.1) is 0 Å². The van der Waals surface area contributed by atoms with Gasteiger partial charge in [0.15, 0.2) is 0 Å². The van der Waals surface area contributed by atoms with E-state index in [1.807, 2.05) is 0 Å². The van der Waals surface area contributed by atoms with Crippen molar-refractivity contribution in [1.82, 2.24) is 9.97 Å². The molecule has 0 aliphatic rings. The van der Waals surface area contributed by atoms with Crippen molar-refractivity contribution in [3.8, 4) is 0 Å². The standard InChI is InChI=1S/C4H4BClN2O2/c6-4-2-7-1-3(8-4)5(9)10/h1-2,9-10H. The van der Waals surface area contributed by atoms with Gasteiger partial charge < -0.3 is 10.0 Å². The molecule has 0 radical (unpaired) electrons. The molecule has 0 saturated heterocycles. The van der Waals surface area contributed by atoms with Crippen molar-refractivity contribution in [3.05, 3.63) is 17.5 Å². The summed E-state index contributed by atoms with van der Waals surface area (Å²) in [6.45, 7) is 0. The summed E-state index contributed by atoms with van der Waals surface area (Å²) in [5, 5.41) is 17.2. The Balaban J connectivity index is 2.96. The highest BCUT2D eigenvalue weighted by Crippen LogP contribution is 1.95. The number of nitrogens with zero attached hydrogens (tertiary/aromatic N) is 2. The molecule has 0 aliphatic heterocycles. The lowest BCUT2D eigenvalue weighted by molar-refractivity contribution is 0.424. The van der Waals surface area contributed by atoms with Crippen LogP contribution in [0.1, 0.15) is 0 Å². The molecule has 2 N–H and O–H groups in total. The average Bonchev–Trinajstić information content (AvgIpc) is 1.88. The van der Waals surface area contributed by atoms with E-state index in [0.717, 1.165) is 0 Å². The third kappa shape index (κ3) is 1.67. The van der Waals surface area contributed by atoms with Crippen LogP contribution in [0.4, 0.5) is 0 Å². The van der Waals surface area contributed by atoms with Gasteiger partial charge in [0, 0.05) is 6.20 Å². The minimum Gasteiger partial charge on any atom is -0.422 e. The molecule has 0 amide bonds. The third-order valence-corrected chi connectivity index (χ3v) is 1.07. The van der Waals surface area contributed by atoms with Gasteiger partial charge in [-0.15, -0.1) is 0 Å². The van der Waals surface area contributed by atoms with Gasteiger partial charge in [-0.3, -0.25) is 4.98 Å². The molecule has 0 atom stereocenters. The molecule has 10 heavy (non-hydrogen) atoms. The molecular weight excluding hydrogens is 154 g/mol. The van der Waals surface area contributed by atoms with Crippen LogP contribution in [0.25, 0.3) is 0 Å². The Bertz CT molecular complexity index is 232. The lowest BCUT2D eigenvalue weighted by Crippen LogP contribution is -2.32. The molecule has 4 nitrogen and oxygen atoms in total. The summed E-state index contributed by atoms with van der Waals surface area (Å²) in [4.78, 5) is 7.17. The van der Waals surface area contributed by atoms with Crippen LogP contribution in [-0.4, -0.2) is 27.1 Å². The molecule has 1 aromatic rings. The summed E-state index contributed by atoms with van der Waals surface area (Å²) in [6, 6.07) is 0. The molecule has 0 fully saturated rings. The average molecular weight is 158 g/mol. The monoisotopic (exact) mass is 158 g/mol. The summed E-state index contributed by atoms with van der Waals surface area (Å²) >= 11 is 5.39. The van der Waals surface area contributed by atoms with E-state index in [1.54, 1.807) is 0 Å². The Labute approximate surface area is 62.7 Å². The molecular formula is C4H4BClN2O2. The maximum atomic E-state index is 8.54. The summed E-state index contributed by atoms with van der Waals surface area (Å²) in [5.74, 6) is 0. The maximum Gasteiger partial charge on any atom is 0.509 e. The minimum atomic E-state index is -1.61. The predicted octanol–water partition coefficient (Wildman–Crippen LogP) is -1.19. The molecule has 0 aliphatic carbocycles. The van der Waals surface area contributed by atoms with E-state index in [9.17, 15) is 0 Å². The van der Waals surface area contributed by atoms with Crippen LogP contribution < -0.4 is 5.59 Å². The van der Waals surface area contributed by atoms with Crippen LogP contribution in [0.15, 0.2) is 12.4 Å². The first-order valence-corrected chi connectivity index (χ1v) is 2.91. The molecule has 0 bridgehead atoms. The SMILES string of the molecule is OB(O)c1cncc(Cl)n1. The first-order valence-electron chi connectivity index (χ1n) is 2.54. The Kier molecular flexibility index (Phi) is 2.21. The topological polar surface area (TPSA) is 66.2 Å². The van der Waals surface area contributed by atoms with Crippen molar-refractivity contribution in [1.29, 1.82) is 0 Å². The number of halogens is 1. The normalized spacial score (nSPS) is 9.50. The van der Waals surface area contributed by atoms with Gasteiger partial charge in [-0.25, -0.2) is 4.98 Å². The van der Waals surface area contributed by atoms with Crippen molar-refractivity contribution >= 4 is 24.3 Å². The van der Waals surface area contributed by atoms with Crippen LogP contribution in [0.2, 0.25) is 5.15 Å². The van der Waals surface area contributed by atoms with Crippen molar-refractivity contribution in [3.63, 3.8) is 0 Å². The minimum absolute atomic E-state index is 0.0486. The number of hydrogen-bond acceptors (Lipinski definition) is 4. The van der Waals surface area contributed by atoms with E-state index in [4.69, 9.17) is 21.6 Å². The molecule has 52 valence electrons. The first-order chi connectivity index (χ1) is 4.70. The Morgan fingerprint density at radius 2 is 2.10 bits per heavy atom. The lowest BCUT2D eigenvalue weighted by atomic mass is 9.87. The molecule has 0 spiro atoms. The molecule has 1 heterocycles. The van der Waals surface area contributed by atoms with Crippen molar-refractivity contribution < 1.29 is 10.0 Å². The second-order valence-electron chi connectivity index (χ2n) is 1.64. The summed E-state index contributed by atoms with van der Waals surface area (Å²) in [5.41, 5.74) is 0.0486. The van der Waals surface area contributed by atoms with Gasteiger partial charge in [0.2, 0.25) is 0 Å². The highest BCUT2D eigenvalue weighted by atomic mass is 35.5. The molecule has 0 aromatic carbocycles. The number of rotatable bonds is 1. The molecule has 1 rings (SSSR count). The summed E-state index contributed by atoms with van der Waals surface area (Å²) in [7, 11) is -1.61. The van der Waals surface area contributed by atoms with Gasteiger partial charge in [-0.2, -0.15) is 0 Å².